The number of imidazole rings is 1. The number of nitro groups is 1. The van der Waals surface area contributed by atoms with Crippen LogP contribution in [0, 0.1) is 10.1 Å². The third kappa shape index (κ3) is 4.14. The highest BCUT2D eigenvalue weighted by molar-refractivity contribution is 5.89. The zero-order valence-electron chi connectivity index (χ0n) is 15.4. The number of amides is 2. The van der Waals surface area contributed by atoms with Crippen LogP contribution in [-0.2, 0) is 16.1 Å². The van der Waals surface area contributed by atoms with Crippen LogP contribution in [0.3, 0.4) is 0 Å². The molecule has 0 radical (unpaired) electrons. The molecule has 2 aromatic carbocycles. The van der Waals surface area contributed by atoms with Gasteiger partial charge in [0.15, 0.2) is 0 Å². The van der Waals surface area contributed by atoms with Gasteiger partial charge in [-0.3, -0.25) is 19.7 Å². The van der Waals surface area contributed by atoms with E-state index < -0.39 is 4.92 Å². The van der Waals surface area contributed by atoms with Gasteiger partial charge in [-0.15, -0.1) is 0 Å². The van der Waals surface area contributed by atoms with Crippen LogP contribution >= 0.6 is 0 Å². The van der Waals surface area contributed by atoms with Gasteiger partial charge in [-0.2, -0.15) is 0 Å². The summed E-state index contributed by atoms with van der Waals surface area (Å²) in [6, 6.07) is 11.7. The third-order valence-corrected chi connectivity index (χ3v) is 4.12. The van der Waals surface area contributed by atoms with Gasteiger partial charge in [-0.25, -0.2) is 4.98 Å². The first kappa shape index (κ1) is 19.0. The lowest BCUT2D eigenvalue weighted by Crippen LogP contribution is -2.24. The van der Waals surface area contributed by atoms with Gasteiger partial charge in [-0.05, 0) is 30.3 Å². The first-order valence-electron chi connectivity index (χ1n) is 8.62. The summed E-state index contributed by atoms with van der Waals surface area (Å²) in [5, 5.41) is 16.5. The zero-order chi connectivity index (χ0) is 20.3. The maximum atomic E-state index is 11.2. The lowest BCUT2D eigenvalue weighted by Gasteiger charge is -2.10. The Morgan fingerprint density at radius 2 is 1.82 bits per heavy atom. The lowest BCUT2D eigenvalue weighted by atomic mass is 10.2. The topological polar surface area (TPSA) is 119 Å². The average Bonchev–Trinajstić information content (AvgIpc) is 2.99. The molecule has 2 N–H and O–H groups in total. The smallest absolute Gasteiger partial charge is 0.271 e. The number of carbonyl (C=O) groups is 2. The van der Waals surface area contributed by atoms with Crippen LogP contribution in [0.2, 0.25) is 0 Å². The molecule has 28 heavy (non-hydrogen) atoms. The molecule has 1 heterocycles. The molecule has 3 rings (SSSR count). The van der Waals surface area contributed by atoms with E-state index in [2.05, 4.69) is 15.6 Å². The van der Waals surface area contributed by atoms with Gasteiger partial charge >= 0.3 is 0 Å². The van der Waals surface area contributed by atoms with Crippen LogP contribution in [0.25, 0.3) is 22.4 Å². The number of hydrogen-bond acceptors (Lipinski definition) is 5. The largest absolute Gasteiger partial charge is 0.355 e. The summed E-state index contributed by atoms with van der Waals surface area (Å²) in [6.07, 6.45) is 0. The van der Waals surface area contributed by atoms with E-state index in [9.17, 15) is 19.7 Å². The molecule has 0 spiro atoms. The number of fused-ring (bicyclic) bond motifs is 1. The van der Waals surface area contributed by atoms with E-state index in [1.165, 1.54) is 26.0 Å². The molecule has 3 aromatic rings. The van der Waals surface area contributed by atoms with Gasteiger partial charge in [-0.1, -0.05) is 0 Å². The second-order valence-electron chi connectivity index (χ2n) is 6.26. The number of hydrogen-bond donors (Lipinski definition) is 2. The number of aromatic nitrogens is 2. The minimum Gasteiger partial charge on any atom is -0.355 e. The van der Waals surface area contributed by atoms with E-state index in [1.54, 1.807) is 18.2 Å². The SMILES string of the molecule is CC(=O)NCCn1c(-c2ccc(NC(C)=O)cc2)nc2cc([N+](=O)[O-])ccc21. The van der Waals surface area contributed by atoms with Crippen LogP contribution in [-0.4, -0.2) is 32.8 Å². The Morgan fingerprint density at radius 3 is 2.43 bits per heavy atom. The summed E-state index contributed by atoms with van der Waals surface area (Å²) in [5.41, 5.74) is 2.64. The summed E-state index contributed by atoms with van der Waals surface area (Å²) in [7, 11) is 0. The molecule has 0 aliphatic carbocycles. The molecule has 9 nitrogen and oxygen atoms in total. The van der Waals surface area contributed by atoms with Crippen molar-refractivity contribution in [2.45, 2.75) is 20.4 Å². The highest BCUT2D eigenvalue weighted by atomic mass is 16.6. The molecule has 0 saturated heterocycles. The number of nitro benzene ring substituents is 1. The summed E-state index contributed by atoms with van der Waals surface area (Å²) in [4.78, 5) is 37.6. The Labute approximate surface area is 160 Å². The molecule has 0 bridgehead atoms. The summed E-state index contributed by atoms with van der Waals surface area (Å²) in [5.74, 6) is 0.319. The molecule has 0 fully saturated rings. The van der Waals surface area contributed by atoms with Crippen molar-refractivity contribution in [2.24, 2.45) is 0 Å². The van der Waals surface area contributed by atoms with Gasteiger partial charge in [0.05, 0.1) is 16.0 Å². The lowest BCUT2D eigenvalue weighted by molar-refractivity contribution is -0.384. The first-order chi connectivity index (χ1) is 13.3. The number of rotatable bonds is 6. The monoisotopic (exact) mass is 381 g/mol. The number of benzene rings is 2. The molecule has 1 aromatic heterocycles. The quantitative estimate of drug-likeness (QED) is 0.503. The normalized spacial score (nSPS) is 10.6. The van der Waals surface area contributed by atoms with Crippen LogP contribution in [0.1, 0.15) is 13.8 Å². The number of non-ortho nitro benzene ring substituents is 1. The van der Waals surface area contributed by atoms with Crippen LogP contribution in [0.15, 0.2) is 42.5 Å². The fourth-order valence-corrected chi connectivity index (χ4v) is 2.93. The second kappa shape index (κ2) is 7.87. The Hall–Kier alpha value is -3.75. The minimum atomic E-state index is -0.461. The van der Waals surface area contributed by atoms with Crippen LogP contribution in [0.4, 0.5) is 11.4 Å². The molecule has 2 amide bonds. The minimum absolute atomic E-state index is 0.0356. The van der Waals surface area contributed by atoms with Crippen molar-refractivity contribution in [1.82, 2.24) is 14.9 Å². The van der Waals surface area contributed by atoms with Gasteiger partial charge in [0.2, 0.25) is 11.8 Å². The van der Waals surface area contributed by atoms with Gasteiger partial charge < -0.3 is 15.2 Å². The van der Waals surface area contributed by atoms with Crippen molar-refractivity contribution in [3.8, 4) is 11.4 Å². The number of anilines is 1. The van der Waals surface area contributed by atoms with E-state index >= 15 is 0 Å². The van der Waals surface area contributed by atoms with E-state index in [1.807, 2.05) is 16.7 Å². The molecule has 0 aliphatic rings. The maximum Gasteiger partial charge on any atom is 0.271 e. The Morgan fingerprint density at radius 1 is 1.11 bits per heavy atom. The Balaban J connectivity index is 2.04. The zero-order valence-corrected chi connectivity index (χ0v) is 15.4. The van der Waals surface area contributed by atoms with Crippen LogP contribution in [0.5, 0.6) is 0 Å². The fourth-order valence-electron chi connectivity index (χ4n) is 2.93. The Kier molecular flexibility index (Phi) is 5.35. The molecule has 9 heteroatoms. The average molecular weight is 381 g/mol. The van der Waals surface area contributed by atoms with Crippen molar-refractivity contribution in [1.29, 1.82) is 0 Å². The molecular formula is C19H19N5O4. The fraction of sp³-hybridized carbons (Fsp3) is 0.211. The van der Waals surface area contributed by atoms with Crippen molar-refractivity contribution in [3.63, 3.8) is 0 Å². The maximum absolute atomic E-state index is 11.2. The van der Waals surface area contributed by atoms with E-state index in [0.29, 0.717) is 30.1 Å². The molecule has 0 unspecified atom stereocenters. The first-order valence-corrected chi connectivity index (χ1v) is 8.62. The summed E-state index contributed by atoms with van der Waals surface area (Å²) < 4.78 is 1.91. The molecular weight excluding hydrogens is 362 g/mol. The van der Waals surface area contributed by atoms with Gasteiger partial charge in [0.1, 0.15) is 5.82 Å². The molecule has 0 saturated carbocycles. The molecule has 0 aliphatic heterocycles. The summed E-state index contributed by atoms with van der Waals surface area (Å²) >= 11 is 0. The third-order valence-electron chi connectivity index (χ3n) is 4.12. The summed E-state index contributed by atoms with van der Waals surface area (Å²) in [6.45, 7) is 3.73. The molecule has 144 valence electrons. The Bertz CT molecular complexity index is 1060. The van der Waals surface area contributed by atoms with Crippen molar-refractivity contribution in [2.75, 3.05) is 11.9 Å². The second-order valence-corrected chi connectivity index (χ2v) is 6.26. The number of carbonyl (C=O) groups excluding carboxylic acids is 2. The highest BCUT2D eigenvalue weighted by Crippen LogP contribution is 2.28. The van der Waals surface area contributed by atoms with Crippen molar-refractivity contribution >= 4 is 34.2 Å². The van der Waals surface area contributed by atoms with Gasteiger partial charge in [0, 0.05) is 50.3 Å². The predicted molar refractivity (Wildman–Crippen MR) is 105 cm³/mol. The number of nitrogens with zero attached hydrogens (tertiary/aromatic N) is 3. The predicted octanol–water partition coefficient (Wildman–Crippen LogP) is 2.71. The molecule has 0 atom stereocenters. The van der Waals surface area contributed by atoms with E-state index in [4.69, 9.17) is 0 Å². The van der Waals surface area contributed by atoms with Crippen LogP contribution < -0.4 is 10.6 Å². The van der Waals surface area contributed by atoms with E-state index in [0.717, 1.165) is 11.1 Å². The van der Waals surface area contributed by atoms with Crippen molar-refractivity contribution < 1.29 is 14.5 Å². The highest BCUT2D eigenvalue weighted by Gasteiger charge is 2.16. The van der Waals surface area contributed by atoms with Gasteiger partial charge in [0.25, 0.3) is 5.69 Å². The number of nitrogens with one attached hydrogen (secondary N) is 2. The standard InChI is InChI=1S/C19H19N5O4/c1-12(25)20-9-10-23-18-8-7-16(24(27)28)11-17(18)22-19(23)14-3-5-15(6-4-14)21-13(2)26/h3-8,11H,9-10H2,1-2H3,(H,20,25)(H,21,26). The van der Waals surface area contributed by atoms with Crippen molar-refractivity contribution in [3.05, 3.63) is 52.6 Å². The van der Waals surface area contributed by atoms with E-state index in [-0.39, 0.29) is 17.5 Å².